The summed E-state index contributed by atoms with van der Waals surface area (Å²) in [7, 11) is 0. The second kappa shape index (κ2) is 7.27. The largest absolute Gasteiger partial charge is 0.380 e. The fraction of sp³-hybridized carbons (Fsp3) is 0.609. The number of ether oxygens (including phenoxy) is 1. The summed E-state index contributed by atoms with van der Waals surface area (Å²) in [6.45, 7) is 8.43. The van der Waals surface area contributed by atoms with Crippen molar-refractivity contribution in [2.24, 2.45) is 11.8 Å². The predicted octanol–water partition coefficient (Wildman–Crippen LogP) is 4.48. The molecule has 3 fully saturated rings. The lowest BCUT2D eigenvalue weighted by molar-refractivity contribution is 0.129. The third-order valence-corrected chi connectivity index (χ3v) is 6.91. The Morgan fingerprint density at radius 3 is 2.68 bits per heavy atom. The van der Waals surface area contributed by atoms with Gasteiger partial charge < -0.3 is 4.74 Å². The van der Waals surface area contributed by atoms with Crippen LogP contribution < -0.4 is 0 Å². The summed E-state index contributed by atoms with van der Waals surface area (Å²) >= 11 is 0. The molecule has 2 aromatic rings. The first-order valence-electron chi connectivity index (χ1n) is 10.8. The highest BCUT2D eigenvalue weighted by atomic mass is 19.1. The molecule has 0 N–H and O–H groups in total. The Bertz CT molecular complexity index is 828. The summed E-state index contributed by atoms with van der Waals surface area (Å²) < 4.78 is 21.5. The van der Waals surface area contributed by atoms with Gasteiger partial charge in [-0.1, -0.05) is 12.1 Å². The predicted molar refractivity (Wildman–Crippen MR) is 108 cm³/mol. The van der Waals surface area contributed by atoms with Crippen molar-refractivity contribution in [2.75, 3.05) is 26.3 Å². The van der Waals surface area contributed by atoms with E-state index in [0.29, 0.717) is 12.0 Å². The van der Waals surface area contributed by atoms with Crippen LogP contribution in [0.2, 0.25) is 0 Å². The van der Waals surface area contributed by atoms with Crippen LogP contribution in [0.25, 0.3) is 11.3 Å². The van der Waals surface area contributed by atoms with Gasteiger partial charge in [-0.25, -0.2) is 4.39 Å². The molecule has 0 amide bonds. The van der Waals surface area contributed by atoms with Gasteiger partial charge >= 0.3 is 0 Å². The molecule has 3 aliphatic rings. The van der Waals surface area contributed by atoms with Gasteiger partial charge in [0.1, 0.15) is 5.82 Å². The third kappa shape index (κ3) is 3.29. The molecule has 1 aliphatic heterocycles. The van der Waals surface area contributed by atoms with Gasteiger partial charge in [0.05, 0.1) is 12.3 Å². The summed E-state index contributed by atoms with van der Waals surface area (Å²) in [5, 5.41) is 4.85. The summed E-state index contributed by atoms with van der Waals surface area (Å²) in [5.41, 5.74) is 3.12. The van der Waals surface area contributed by atoms with E-state index in [1.807, 2.05) is 6.07 Å². The van der Waals surface area contributed by atoms with E-state index in [4.69, 9.17) is 9.84 Å². The number of hydrogen-bond donors (Lipinski definition) is 0. The molecule has 0 spiro atoms. The minimum atomic E-state index is -0.203. The number of halogens is 1. The molecular formula is C23H30FN3O. The topological polar surface area (TPSA) is 30.3 Å². The number of benzene rings is 1. The van der Waals surface area contributed by atoms with Crippen molar-refractivity contribution >= 4 is 0 Å². The first kappa shape index (κ1) is 18.3. The molecule has 1 saturated heterocycles. The van der Waals surface area contributed by atoms with E-state index < -0.39 is 0 Å². The zero-order valence-electron chi connectivity index (χ0n) is 16.9. The summed E-state index contributed by atoms with van der Waals surface area (Å²) in [5.74, 6) is 1.98. The van der Waals surface area contributed by atoms with Crippen LogP contribution in [0.1, 0.15) is 50.8 Å². The van der Waals surface area contributed by atoms with Crippen LogP contribution in [-0.2, 0) is 4.74 Å². The lowest BCUT2D eigenvalue weighted by Crippen LogP contribution is -2.36. The third-order valence-electron chi connectivity index (χ3n) is 6.91. The van der Waals surface area contributed by atoms with E-state index in [2.05, 4.69) is 29.5 Å². The molecular weight excluding hydrogens is 353 g/mol. The van der Waals surface area contributed by atoms with Crippen LogP contribution in [-0.4, -0.2) is 47.0 Å². The van der Waals surface area contributed by atoms with Gasteiger partial charge in [-0.2, -0.15) is 5.10 Å². The van der Waals surface area contributed by atoms with Gasteiger partial charge in [-0.05, 0) is 63.1 Å². The highest BCUT2D eigenvalue weighted by Crippen LogP contribution is 2.64. The van der Waals surface area contributed by atoms with Crippen LogP contribution in [0.15, 0.2) is 30.3 Å². The molecule has 2 atom stereocenters. The number of rotatable bonds is 4. The Labute approximate surface area is 166 Å². The van der Waals surface area contributed by atoms with Crippen LogP contribution in [0, 0.1) is 17.7 Å². The van der Waals surface area contributed by atoms with Crippen LogP contribution in [0.3, 0.4) is 0 Å². The van der Waals surface area contributed by atoms with Gasteiger partial charge in [0.2, 0.25) is 0 Å². The maximum atomic E-state index is 13.7. The molecule has 5 rings (SSSR count). The Hall–Kier alpha value is -1.72. The van der Waals surface area contributed by atoms with Crippen molar-refractivity contribution in [3.63, 3.8) is 0 Å². The molecule has 2 saturated carbocycles. The highest BCUT2D eigenvalue weighted by molar-refractivity contribution is 5.60. The van der Waals surface area contributed by atoms with Crippen molar-refractivity contribution < 1.29 is 9.13 Å². The second-order valence-corrected chi connectivity index (χ2v) is 8.98. The van der Waals surface area contributed by atoms with Gasteiger partial charge in [-0.15, -0.1) is 0 Å². The Morgan fingerprint density at radius 2 is 1.93 bits per heavy atom. The zero-order valence-corrected chi connectivity index (χ0v) is 16.9. The Morgan fingerprint density at radius 1 is 1.11 bits per heavy atom. The van der Waals surface area contributed by atoms with Gasteiger partial charge in [0.15, 0.2) is 0 Å². The maximum Gasteiger partial charge on any atom is 0.123 e. The van der Waals surface area contributed by atoms with Crippen LogP contribution in [0.5, 0.6) is 0 Å². The highest BCUT2D eigenvalue weighted by Gasteiger charge is 2.58. The van der Waals surface area contributed by atoms with Crippen molar-refractivity contribution in [1.29, 1.82) is 0 Å². The smallest absolute Gasteiger partial charge is 0.123 e. The van der Waals surface area contributed by atoms with Gasteiger partial charge in [0, 0.05) is 49.0 Å². The average Bonchev–Trinajstić information content (AvgIpc) is 3.01. The molecule has 1 aromatic heterocycles. The molecule has 0 bridgehead atoms. The molecule has 5 heteroatoms. The number of aromatic nitrogens is 2. The maximum absolute atomic E-state index is 13.7. The van der Waals surface area contributed by atoms with Gasteiger partial charge in [0.25, 0.3) is 0 Å². The van der Waals surface area contributed by atoms with Crippen molar-refractivity contribution in [2.45, 2.75) is 51.1 Å². The van der Waals surface area contributed by atoms with Crippen molar-refractivity contribution in [1.82, 2.24) is 14.7 Å². The van der Waals surface area contributed by atoms with E-state index in [-0.39, 0.29) is 5.82 Å². The molecule has 4 nitrogen and oxygen atoms in total. The summed E-state index contributed by atoms with van der Waals surface area (Å²) in [6, 6.07) is 10.0. The number of nitrogens with zero attached hydrogens (tertiary/aromatic N) is 3. The summed E-state index contributed by atoms with van der Waals surface area (Å²) in [4.78, 5) is 2.66. The minimum Gasteiger partial charge on any atom is -0.380 e. The Balaban J connectivity index is 1.34. The van der Waals surface area contributed by atoms with E-state index in [9.17, 15) is 4.39 Å². The van der Waals surface area contributed by atoms with Crippen molar-refractivity contribution in [3.8, 4) is 11.3 Å². The molecule has 150 valence electrons. The van der Waals surface area contributed by atoms with E-state index >= 15 is 0 Å². The van der Waals surface area contributed by atoms with Crippen molar-refractivity contribution in [3.05, 3.63) is 41.8 Å². The standard InChI is InChI=1S/C23H30FN3O/c1-15(2)27-22(14-21(25-27)16-5-3-6-17(24)11-16)23-19-12-18(13-20(19)23)26-7-4-9-28-10-8-26/h3,5-6,11,14-15,18-20,23H,4,7-10,12-13H2,1-2H3. The Kier molecular flexibility index (Phi) is 4.76. The van der Waals surface area contributed by atoms with E-state index in [1.165, 1.54) is 31.1 Å². The lowest BCUT2D eigenvalue weighted by Gasteiger charge is -2.28. The number of fused-ring (bicyclic) bond motifs is 1. The van der Waals surface area contributed by atoms with E-state index in [0.717, 1.165) is 55.3 Å². The van der Waals surface area contributed by atoms with Crippen LogP contribution in [0.4, 0.5) is 4.39 Å². The summed E-state index contributed by atoms with van der Waals surface area (Å²) in [6.07, 6.45) is 3.76. The average molecular weight is 384 g/mol. The van der Waals surface area contributed by atoms with Gasteiger partial charge in [-0.3, -0.25) is 9.58 Å². The molecule has 2 unspecified atom stereocenters. The van der Waals surface area contributed by atoms with E-state index in [1.54, 1.807) is 12.1 Å². The molecule has 28 heavy (non-hydrogen) atoms. The molecule has 2 heterocycles. The first-order valence-corrected chi connectivity index (χ1v) is 10.8. The number of hydrogen-bond acceptors (Lipinski definition) is 3. The lowest BCUT2D eigenvalue weighted by atomic mass is 10.0. The zero-order chi connectivity index (χ0) is 19.3. The quantitative estimate of drug-likeness (QED) is 0.780. The van der Waals surface area contributed by atoms with Crippen LogP contribution >= 0.6 is 0 Å². The normalized spacial score (nSPS) is 30.4. The first-order chi connectivity index (χ1) is 13.6. The fourth-order valence-electron chi connectivity index (χ4n) is 5.54. The molecule has 1 aromatic carbocycles. The minimum absolute atomic E-state index is 0.203. The second-order valence-electron chi connectivity index (χ2n) is 8.98. The fourth-order valence-corrected chi connectivity index (χ4v) is 5.54. The SMILES string of the molecule is CC(C)n1nc(-c2cccc(F)c2)cc1C1C2CC(N3CCCOCC3)CC21. The molecule has 0 radical (unpaired) electrons. The monoisotopic (exact) mass is 383 g/mol. The molecule has 2 aliphatic carbocycles.